The van der Waals surface area contributed by atoms with E-state index in [1.807, 2.05) is 0 Å². The second-order valence-corrected chi connectivity index (χ2v) is 4.65. The summed E-state index contributed by atoms with van der Waals surface area (Å²) in [5.74, 6) is -1.25. The minimum Gasteiger partial charge on any atom is -0.478 e. The second-order valence-electron chi connectivity index (χ2n) is 4.65. The zero-order chi connectivity index (χ0) is 15.7. The van der Waals surface area contributed by atoms with Gasteiger partial charge >= 0.3 is 5.97 Å². The molecule has 114 valence electrons. The van der Waals surface area contributed by atoms with Gasteiger partial charge in [-0.25, -0.2) is 4.79 Å². The van der Waals surface area contributed by atoms with Crippen LogP contribution < -0.4 is 0 Å². The number of aliphatic hydroxyl groups excluding tert-OH is 1. The molecule has 0 radical (unpaired) electrons. The molecule has 0 saturated carbocycles. The summed E-state index contributed by atoms with van der Waals surface area (Å²) < 4.78 is 0. The number of carboxylic acid groups (broad SMARTS) is 1. The normalized spacial score (nSPS) is 10.8. The van der Waals surface area contributed by atoms with E-state index in [0.29, 0.717) is 17.7 Å². The largest absolute Gasteiger partial charge is 0.478 e. The maximum atomic E-state index is 12.3. The number of rotatable bonds is 8. The highest BCUT2D eigenvalue weighted by molar-refractivity contribution is 5.98. The van der Waals surface area contributed by atoms with Gasteiger partial charge in [-0.2, -0.15) is 0 Å². The van der Waals surface area contributed by atoms with Gasteiger partial charge in [0.05, 0.1) is 0 Å². The Morgan fingerprint density at radius 3 is 2.76 bits per heavy atom. The van der Waals surface area contributed by atoms with Crippen molar-refractivity contribution in [1.82, 2.24) is 9.88 Å². The number of carboxylic acids is 1. The summed E-state index contributed by atoms with van der Waals surface area (Å²) in [7, 11) is 1.70. The van der Waals surface area contributed by atoms with E-state index in [1.165, 1.54) is 18.5 Å². The number of unbranched alkanes of at least 4 members (excludes halogenated alkanes) is 2. The van der Waals surface area contributed by atoms with E-state index in [4.69, 9.17) is 10.2 Å². The SMILES string of the molecule is CN(CCCCCO)C(=O)c1ccncc1/C=C/C(=O)O. The summed E-state index contributed by atoms with van der Waals surface area (Å²) in [6.45, 7) is 0.745. The fourth-order valence-corrected chi connectivity index (χ4v) is 1.84. The zero-order valence-electron chi connectivity index (χ0n) is 12.0. The molecule has 0 aliphatic heterocycles. The molecule has 21 heavy (non-hydrogen) atoms. The lowest BCUT2D eigenvalue weighted by Gasteiger charge is -2.18. The maximum absolute atomic E-state index is 12.3. The summed E-state index contributed by atoms with van der Waals surface area (Å²) in [4.78, 5) is 28.4. The van der Waals surface area contributed by atoms with Crippen molar-refractivity contribution in [3.63, 3.8) is 0 Å². The Balaban J connectivity index is 2.75. The second kappa shape index (κ2) is 8.86. The standard InChI is InChI=1S/C15H20N2O4/c1-17(9-3-2-4-10-18)15(21)13-7-8-16-11-12(13)5-6-14(19)20/h5-8,11,18H,2-4,9-10H2,1H3,(H,19,20)/b6-5+. The Labute approximate surface area is 123 Å². The Morgan fingerprint density at radius 2 is 2.10 bits per heavy atom. The maximum Gasteiger partial charge on any atom is 0.328 e. The molecule has 0 aromatic carbocycles. The predicted molar refractivity (Wildman–Crippen MR) is 78.8 cm³/mol. The number of carbonyl (C=O) groups is 2. The van der Waals surface area contributed by atoms with Gasteiger partial charge in [0, 0.05) is 49.8 Å². The average Bonchev–Trinajstić information content (AvgIpc) is 2.48. The Kier molecular flexibility index (Phi) is 7.11. The van der Waals surface area contributed by atoms with Crippen LogP contribution in [0.4, 0.5) is 0 Å². The van der Waals surface area contributed by atoms with Gasteiger partial charge < -0.3 is 15.1 Å². The highest BCUT2D eigenvalue weighted by Crippen LogP contribution is 2.12. The molecule has 1 aromatic rings. The minimum atomic E-state index is -1.07. The first-order chi connectivity index (χ1) is 10.1. The van der Waals surface area contributed by atoms with E-state index >= 15 is 0 Å². The summed E-state index contributed by atoms with van der Waals surface area (Å²) >= 11 is 0. The van der Waals surface area contributed by atoms with Crippen LogP contribution in [0.1, 0.15) is 35.2 Å². The molecule has 0 fully saturated rings. The van der Waals surface area contributed by atoms with Crippen LogP contribution in [0.2, 0.25) is 0 Å². The molecular weight excluding hydrogens is 272 g/mol. The van der Waals surface area contributed by atoms with E-state index in [9.17, 15) is 9.59 Å². The van der Waals surface area contributed by atoms with Crippen LogP contribution in [0.5, 0.6) is 0 Å². The van der Waals surface area contributed by atoms with Gasteiger partial charge in [-0.1, -0.05) is 0 Å². The predicted octanol–water partition coefficient (Wildman–Crippen LogP) is 1.41. The van der Waals surface area contributed by atoms with Crippen molar-refractivity contribution in [3.8, 4) is 0 Å². The van der Waals surface area contributed by atoms with Crippen LogP contribution >= 0.6 is 0 Å². The fraction of sp³-hybridized carbons (Fsp3) is 0.400. The minimum absolute atomic E-state index is 0.159. The van der Waals surface area contributed by atoms with Crippen molar-refractivity contribution in [1.29, 1.82) is 0 Å². The molecule has 0 saturated heterocycles. The molecule has 0 spiro atoms. The van der Waals surface area contributed by atoms with E-state index in [2.05, 4.69) is 4.98 Å². The van der Waals surface area contributed by atoms with Gasteiger partial charge in [-0.15, -0.1) is 0 Å². The average molecular weight is 292 g/mol. The van der Waals surface area contributed by atoms with E-state index < -0.39 is 5.97 Å². The van der Waals surface area contributed by atoms with E-state index in [1.54, 1.807) is 18.0 Å². The number of aliphatic hydroxyl groups is 1. The molecule has 0 aliphatic carbocycles. The summed E-state index contributed by atoms with van der Waals surface area (Å²) in [5, 5.41) is 17.4. The third-order valence-electron chi connectivity index (χ3n) is 2.99. The van der Waals surface area contributed by atoms with Crippen LogP contribution in [0.15, 0.2) is 24.5 Å². The Hall–Kier alpha value is -2.21. The monoisotopic (exact) mass is 292 g/mol. The van der Waals surface area contributed by atoms with E-state index in [-0.39, 0.29) is 12.5 Å². The molecule has 0 unspecified atom stereocenters. The van der Waals surface area contributed by atoms with Crippen LogP contribution in [-0.2, 0) is 4.79 Å². The van der Waals surface area contributed by atoms with Gasteiger partial charge in [0.2, 0.25) is 0 Å². The molecule has 0 atom stereocenters. The van der Waals surface area contributed by atoms with Gasteiger partial charge in [-0.05, 0) is 31.4 Å². The van der Waals surface area contributed by atoms with Crippen LogP contribution in [0, 0.1) is 0 Å². The number of hydrogen-bond donors (Lipinski definition) is 2. The summed E-state index contributed by atoms with van der Waals surface area (Å²) in [5.41, 5.74) is 0.902. The molecule has 0 bridgehead atoms. The highest BCUT2D eigenvalue weighted by Gasteiger charge is 2.14. The first-order valence-electron chi connectivity index (χ1n) is 6.77. The van der Waals surface area contributed by atoms with Gasteiger partial charge in [-0.3, -0.25) is 9.78 Å². The number of pyridine rings is 1. The number of aliphatic carboxylic acids is 1. The van der Waals surface area contributed by atoms with Gasteiger partial charge in [0.15, 0.2) is 0 Å². The van der Waals surface area contributed by atoms with Crippen LogP contribution in [0.25, 0.3) is 6.08 Å². The third kappa shape index (κ3) is 5.74. The lowest BCUT2D eigenvalue weighted by Crippen LogP contribution is -2.28. The molecular formula is C15H20N2O4. The number of carbonyl (C=O) groups excluding carboxylic acids is 1. The molecule has 0 aliphatic rings. The van der Waals surface area contributed by atoms with Gasteiger partial charge in [0.25, 0.3) is 5.91 Å². The van der Waals surface area contributed by atoms with Crippen molar-refractivity contribution >= 4 is 18.0 Å². The van der Waals surface area contributed by atoms with Gasteiger partial charge in [0.1, 0.15) is 0 Å². The zero-order valence-corrected chi connectivity index (χ0v) is 12.0. The number of hydrogen-bond acceptors (Lipinski definition) is 4. The summed E-state index contributed by atoms with van der Waals surface area (Å²) in [6.07, 6.45) is 7.71. The smallest absolute Gasteiger partial charge is 0.328 e. The first kappa shape index (κ1) is 16.8. The molecule has 1 rings (SSSR count). The van der Waals surface area contributed by atoms with Crippen LogP contribution in [-0.4, -0.2) is 52.2 Å². The number of nitrogens with zero attached hydrogens (tertiary/aromatic N) is 2. The first-order valence-corrected chi connectivity index (χ1v) is 6.77. The number of amides is 1. The molecule has 1 heterocycles. The highest BCUT2D eigenvalue weighted by atomic mass is 16.4. The Bertz CT molecular complexity index is 514. The van der Waals surface area contributed by atoms with Crippen LogP contribution in [0.3, 0.4) is 0 Å². The lowest BCUT2D eigenvalue weighted by molar-refractivity contribution is -0.131. The van der Waals surface area contributed by atoms with Crippen molar-refractivity contribution in [3.05, 3.63) is 35.7 Å². The quantitative estimate of drug-likeness (QED) is 0.558. The summed E-state index contributed by atoms with van der Waals surface area (Å²) in [6, 6.07) is 1.58. The fourth-order valence-electron chi connectivity index (χ4n) is 1.84. The van der Waals surface area contributed by atoms with Crippen molar-refractivity contribution in [2.24, 2.45) is 0 Å². The Morgan fingerprint density at radius 1 is 1.33 bits per heavy atom. The number of aromatic nitrogens is 1. The van der Waals surface area contributed by atoms with Crippen molar-refractivity contribution in [2.45, 2.75) is 19.3 Å². The molecule has 1 amide bonds. The van der Waals surface area contributed by atoms with Crippen molar-refractivity contribution in [2.75, 3.05) is 20.2 Å². The molecule has 1 aromatic heterocycles. The molecule has 6 nitrogen and oxygen atoms in total. The third-order valence-corrected chi connectivity index (χ3v) is 2.99. The topological polar surface area (TPSA) is 90.7 Å². The van der Waals surface area contributed by atoms with Crippen molar-refractivity contribution < 1.29 is 19.8 Å². The molecule has 6 heteroatoms. The lowest BCUT2D eigenvalue weighted by atomic mass is 10.1. The van der Waals surface area contributed by atoms with E-state index in [0.717, 1.165) is 25.3 Å². The molecule has 2 N–H and O–H groups in total.